The molecule has 26 heavy (non-hydrogen) atoms. The third-order valence-corrected chi connectivity index (χ3v) is 5.63. The van der Waals surface area contributed by atoms with Gasteiger partial charge in [0.25, 0.3) is 0 Å². The van der Waals surface area contributed by atoms with E-state index in [0.717, 1.165) is 49.1 Å². The van der Waals surface area contributed by atoms with Gasteiger partial charge in [0, 0.05) is 54.7 Å². The van der Waals surface area contributed by atoms with Crippen LogP contribution in [0, 0.1) is 6.92 Å². The van der Waals surface area contributed by atoms with Crippen LogP contribution in [0.5, 0.6) is 5.75 Å². The third kappa shape index (κ3) is 2.27. The summed E-state index contributed by atoms with van der Waals surface area (Å²) in [5.41, 5.74) is 8.20. The number of likely N-dealkylation sites (N-methyl/N-ethyl adjacent to an activating group) is 1. The normalized spacial score (nSPS) is 18.5. The van der Waals surface area contributed by atoms with Crippen LogP contribution >= 0.6 is 0 Å². The van der Waals surface area contributed by atoms with Crippen LogP contribution in [-0.2, 0) is 19.4 Å². The number of rotatable bonds is 1. The zero-order valence-electron chi connectivity index (χ0n) is 15.2. The number of pyridine rings is 2. The first-order valence-corrected chi connectivity index (χ1v) is 9.15. The van der Waals surface area contributed by atoms with E-state index in [1.165, 1.54) is 34.0 Å². The first kappa shape index (κ1) is 15.6. The molecule has 0 saturated carbocycles. The van der Waals surface area contributed by atoms with E-state index in [2.05, 4.69) is 40.7 Å². The van der Waals surface area contributed by atoms with Crippen LogP contribution in [0.3, 0.4) is 0 Å². The van der Waals surface area contributed by atoms with Crippen molar-refractivity contribution < 1.29 is 5.11 Å². The third-order valence-electron chi connectivity index (χ3n) is 5.63. The molecule has 0 bridgehead atoms. The number of hydrogen-bond donors (Lipinski definition) is 1. The molecule has 1 aliphatic heterocycles. The molecule has 3 aromatic heterocycles. The fraction of sp³-hybridized carbons (Fsp3) is 0.333. The molecule has 0 radical (unpaired) electrons. The number of aromatic hydroxyl groups is 1. The highest BCUT2D eigenvalue weighted by Gasteiger charge is 2.25. The van der Waals surface area contributed by atoms with Gasteiger partial charge in [-0.3, -0.25) is 4.98 Å². The van der Waals surface area contributed by atoms with Gasteiger partial charge >= 0.3 is 0 Å². The van der Waals surface area contributed by atoms with Crippen LogP contribution in [0.25, 0.3) is 22.8 Å². The molecular formula is C21H22N4O. The SMILES string of the molecule is Cc1cnc2c(c1)c1c(n2C=C2CCc3cncc(O)c32)CCN(C)C1. The summed E-state index contributed by atoms with van der Waals surface area (Å²) in [7, 11) is 2.17. The fourth-order valence-electron chi connectivity index (χ4n) is 4.37. The molecule has 5 rings (SSSR count). The van der Waals surface area contributed by atoms with Gasteiger partial charge in [-0.25, -0.2) is 4.98 Å². The Balaban J connectivity index is 1.75. The van der Waals surface area contributed by atoms with Gasteiger partial charge < -0.3 is 14.6 Å². The van der Waals surface area contributed by atoms with Gasteiger partial charge in [-0.05, 0) is 55.1 Å². The van der Waals surface area contributed by atoms with E-state index in [1.807, 2.05) is 12.4 Å². The van der Waals surface area contributed by atoms with Crippen LogP contribution in [0.4, 0.5) is 0 Å². The fourth-order valence-corrected chi connectivity index (χ4v) is 4.37. The summed E-state index contributed by atoms with van der Waals surface area (Å²) in [6.07, 6.45) is 10.4. The minimum atomic E-state index is 0.278. The molecule has 132 valence electrons. The molecule has 4 heterocycles. The molecule has 5 heteroatoms. The highest BCUT2D eigenvalue weighted by atomic mass is 16.3. The second-order valence-electron chi connectivity index (χ2n) is 7.51. The van der Waals surface area contributed by atoms with E-state index < -0.39 is 0 Å². The predicted octanol–water partition coefficient (Wildman–Crippen LogP) is 3.38. The minimum absolute atomic E-state index is 0.278. The zero-order valence-corrected chi connectivity index (χ0v) is 15.2. The maximum Gasteiger partial charge on any atom is 0.144 e. The summed E-state index contributed by atoms with van der Waals surface area (Å²) in [5, 5.41) is 11.6. The van der Waals surface area contributed by atoms with Gasteiger partial charge in [0.05, 0.1) is 6.20 Å². The maximum absolute atomic E-state index is 10.3. The standard InChI is InChI=1S/C21H22N4O/c1-13-7-16-17-12-24(2)6-5-18(17)25(21(16)23-8-13)11-15-4-3-14-9-22-10-19(26)20(14)15/h7-11,26H,3-6,12H2,1-2H3. The molecule has 0 saturated heterocycles. The second-order valence-corrected chi connectivity index (χ2v) is 7.51. The van der Waals surface area contributed by atoms with Gasteiger partial charge in [0.2, 0.25) is 0 Å². The van der Waals surface area contributed by atoms with E-state index in [9.17, 15) is 5.11 Å². The topological polar surface area (TPSA) is 54.2 Å². The average molecular weight is 346 g/mol. The largest absolute Gasteiger partial charge is 0.506 e. The Hall–Kier alpha value is -2.66. The minimum Gasteiger partial charge on any atom is -0.506 e. The molecule has 0 aromatic carbocycles. The number of aryl methyl sites for hydroxylation is 2. The molecule has 0 fully saturated rings. The molecular weight excluding hydrogens is 324 g/mol. The van der Waals surface area contributed by atoms with Crippen molar-refractivity contribution in [3.05, 3.63) is 52.6 Å². The van der Waals surface area contributed by atoms with Crippen molar-refractivity contribution >= 4 is 22.8 Å². The Bertz CT molecular complexity index is 1060. The summed E-state index contributed by atoms with van der Waals surface area (Å²) < 4.78 is 2.27. The van der Waals surface area contributed by atoms with E-state index in [-0.39, 0.29) is 5.75 Å². The van der Waals surface area contributed by atoms with E-state index >= 15 is 0 Å². The summed E-state index contributed by atoms with van der Waals surface area (Å²) >= 11 is 0. The van der Waals surface area contributed by atoms with Crippen molar-refractivity contribution in [1.82, 2.24) is 19.4 Å². The lowest BCUT2D eigenvalue weighted by atomic mass is 10.1. The van der Waals surface area contributed by atoms with Crippen LogP contribution in [0.15, 0.2) is 24.7 Å². The highest BCUT2D eigenvalue weighted by molar-refractivity contribution is 5.90. The monoisotopic (exact) mass is 346 g/mol. The van der Waals surface area contributed by atoms with Crippen LogP contribution in [0.1, 0.15) is 34.4 Å². The molecule has 2 aliphatic rings. The molecule has 1 N–H and O–H groups in total. The van der Waals surface area contributed by atoms with E-state index in [1.54, 1.807) is 0 Å². The summed E-state index contributed by atoms with van der Waals surface area (Å²) in [4.78, 5) is 11.2. The smallest absolute Gasteiger partial charge is 0.144 e. The lowest BCUT2D eigenvalue weighted by Gasteiger charge is -2.23. The quantitative estimate of drug-likeness (QED) is 0.734. The van der Waals surface area contributed by atoms with Crippen molar-refractivity contribution in [1.29, 1.82) is 0 Å². The molecule has 0 unspecified atom stereocenters. The average Bonchev–Trinajstić information content (AvgIpc) is 3.16. The predicted molar refractivity (Wildman–Crippen MR) is 103 cm³/mol. The Labute approximate surface area is 152 Å². The van der Waals surface area contributed by atoms with Crippen molar-refractivity contribution in [2.75, 3.05) is 13.6 Å². The van der Waals surface area contributed by atoms with Gasteiger partial charge in [0.15, 0.2) is 0 Å². The van der Waals surface area contributed by atoms with Gasteiger partial charge in [-0.15, -0.1) is 0 Å². The van der Waals surface area contributed by atoms with Crippen LogP contribution in [-0.4, -0.2) is 38.1 Å². The summed E-state index contributed by atoms with van der Waals surface area (Å²) in [6.45, 7) is 4.11. The molecule has 5 nitrogen and oxygen atoms in total. The van der Waals surface area contributed by atoms with E-state index in [0.29, 0.717) is 0 Å². The van der Waals surface area contributed by atoms with Crippen LogP contribution < -0.4 is 0 Å². The number of hydrogen-bond acceptors (Lipinski definition) is 4. The number of nitrogens with zero attached hydrogens (tertiary/aromatic N) is 4. The molecule has 1 aliphatic carbocycles. The Kier molecular flexibility index (Phi) is 3.40. The number of aromatic nitrogens is 3. The first-order chi connectivity index (χ1) is 12.6. The molecule has 3 aromatic rings. The summed E-state index contributed by atoms with van der Waals surface area (Å²) in [6, 6.07) is 2.25. The molecule has 0 spiro atoms. The number of allylic oxidation sites excluding steroid dienone is 1. The van der Waals surface area contributed by atoms with Gasteiger partial charge in [-0.1, -0.05) is 0 Å². The zero-order chi connectivity index (χ0) is 17.8. The van der Waals surface area contributed by atoms with Gasteiger partial charge in [-0.2, -0.15) is 0 Å². The Morgan fingerprint density at radius 3 is 2.92 bits per heavy atom. The highest BCUT2D eigenvalue weighted by Crippen LogP contribution is 2.39. The maximum atomic E-state index is 10.3. The summed E-state index contributed by atoms with van der Waals surface area (Å²) in [5.74, 6) is 0.278. The first-order valence-electron chi connectivity index (χ1n) is 9.15. The Morgan fingerprint density at radius 1 is 1.15 bits per heavy atom. The van der Waals surface area contributed by atoms with Crippen molar-refractivity contribution in [3.8, 4) is 5.75 Å². The van der Waals surface area contributed by atoms with Crippen molar-refractivity contribution in [2.45, 2.75) is 32.7 Å². The second kappa shape index (κ2) is 5.68. The van der Waals surface area contributed by atoms with Crippen molar-refractivity contribution in [3.63, 3.8) is 0 Å². The van der Waals surface area contributed by atoms with Crippen LogP contribution in [0.2, 0.25) is 0 Å². The number of fused-ring (bicyclic) bond motifs is 4. The molecule has 0 amide bonds. The van der Waals surface area contributed by atoms with Gasteiger partial charge in [0.1, 0.15) is 11.4 Å². The Morgan fingerprint density at radius 2 is 2.04 bits per heavy atom. The molecule has 0 atom stereocenters. The van der Waals surface area contributed by atoms with Crippen molar-refractivity contribution in [2.24, 2.45) is 0 Å². The lowest BCUT2D eigenvalue weighted by Crippen LogP contribution is -2.26. The lowest BCUT2D eigenvalue weighted by molar-refractivity contribution is 0.312. The van der Waals surface area contributed by atoms with E-state index in [4.69, 9.17) is 4.98 Å².